The van der Waals surface area contributed by atoms with Crippen molar-refractivity contribution in [3.05, 3.63) is 106 Å². The Labute approximate surface area is 217 Å². The molecule has 3 aromatic rings. The molecule has 0 fully saturated rings. The molecule has 8 nitrogen and oxygen atoms in total. The predicted molar refractivity (Wildman–Crippen MR) is 142 cm³/mol. The molecule has 3 aromatic carbocycles. The average Bonchev–Trinajstić information content (AvgIpc) is 2.86. The number of hydrogen-bond acceptors (Lipinski definition) is 5. The van der Waals surface area contributed by atoms with Crippen molar-refractivity contribution in [2.45, 2.75) is 51.7 Å². The van der Waals surface area contributed by atoms with Gasteiger partial charge in [0.05, 0.1) is 18.5 Å². The van der Waals surface area contributed by atoms with E-state index in [4.69, 9.17) is 4.74 Å². The fourth-order valence-corrected chi connectivity index (χ4v) is 4.08. The number of nitro groups is 1. The first-order valence-corrected chi connectivity index (χ1v) is 12.1. The Balaban J connectivity index is 2.04. The number of amides is 2. The lowest BCUT2D eigenvalue weighted by Gasteiger charge is -2.34. The molecule has 0 aliphatic heterocycles. The van der Waals surface area contributed by atoms with Gasteiger partial charge in [-0.1, -0.05) is 60.7 Å². The summed E-state index contributed by atoms with van der Waals surface area (Å²) in [7, 11) is 1.56. The molecular weight excluding hydrogens is 470 g/mol. The standard InChI is InChI=1S/C29H33N3O5/c1-29(2,3)30-28(34)26(18-21-11-6-5-7-12-21)31(20-22-13-10-15-24(17-22)37-4)27(33)19-23-14-8-9-16-25(23)32(35)36/h5-17,26H,18-20H2,1-4H3,(H,30,34)/t26-/m1/s1. The molecule has 0 saturated carbocycles. The van der Waals surface area contributed by atoms with Crippen LogP contribution in [0.4, 0.5) is 5.69 Å². The maximum atomic E-state index is 13.8. The first-order valence-electron chi connectivity index (χ1n) is 12.1. The van der Waals surface area contributed by atoms with Gasteiger partial charge in [0.15, 0.2) is 0 Å². The third-order valence-electron chi connectivity index (χ3n) is 5.79. The summed E-state index contributed by atoms with van der Waals surface area (Å²) >= 11 is 0. The second-order valence-electron chi connectivity index (χ2n) is 9.88. The average molecular weight is 504 g/mol. The highest BCUT2D eigenvalue weighted by Gasteiger charge is 2.33. The Morgan fingerprint density at radius 2 is 1.62 bits per heavy atom. The van der Waals surface area contributed by atoms with E-state index in [9.17, 15) is 19.7 Å². The SMILES string of the molecule is COc1cccc(CN(C(=O)Cc2ccccc2[N+](=O)[O-])[C@H](Cc2ccccc2)C(=O)NC(C)(C)C)c1. The van der Waals surface area contributed by atoms with Crippen LogP contribution in [-0.2, 0) is 29.0 Å². The number of carbonyl (C=O) groups excluding carboxylic acids is 2. The molecule has 0 radical (unpaired) electrons. The van der Waals surface area contributed by atoms with Gasteiger partial charge in [0.2, 0.25) is 11.8 Å². The highest BCUT2D eigenvalue weighted by atomic mass is 16.6. The number of benzene rings is 3. The Hall–Kier alpha value is -4.20. The minimum absolute atomic E-state index is 0.129. The van der Waals surface area contributed by atoms with E-state index < -0.39 is 16.5 Å². The lowest BCUT2D eigenvalue weighted by molar-refractivity contribution is -0.385. The van der Waals surface area contributed by atoms with Crippen LogP contribution in [0, 0.1) is 10.1 Å². The summed E-state index contributed by atoms with van der Waals surface area (Å²) in [5, 5.41) is 14.6. The number of hydrogen-bond donors (Lipinski definition) is 1. The van der Waals surface area contributed by atoms with E-state index in [0.29, 0.717) is 11.3 Å². The van der Waals surface area contributed by atoms with E-state index in [1.54, 1.807) is 31.4 Å². The molecule has 0 spiro atoms. The zero-order valence-corrected chi connectivity index (χ0v) is 21.6. The molecule has 37 heavy (non-hydrogen) atoms. The number of ether oxygens (including phenoxy) is 1. The van der Waals surface area contributed by atoms with Crippen LogP contribution in [0.2, 0.25) is 0 Å². The monoisotopic (exact) mass is 503 g/mol. The van der Waals surface area contributed by atoms with Gasteiger partial charge >= 0.3 is 0 Å². The minimum atomic E-state index is -0.844. The van der Waals surface area contributed by atoms with E-state index in [1.807, 2.05) is 69.3 Å². The van der Waals surface area contributed by atoms with Crippen molar-refractivity contribution < 1.29 is 19.2 Å². The molecule has 8 heteroatoms. The van der Waals surface area contributed by atoms with Crippen LogP contribution in [0.25, 0.3) is 0 Å². The van der Waals surface area contributed by atoms with Crippen LogP contribution < -0.4 is 10.1 Å². The van der Waals surface area contributed by atoms with Gasteiger partial charge in [-0.3, -0.25) is 19.7 Å². The highest BCUT2D eigenvalue weighted by Crippen LogP contribution is 2.23. The van der Waals surface area contributed by atoms with Crippen molar-refractivity contribution in [1.29, 1.82) is 0 Å². The quantitative estimate of drug-likeness (QED) is 0.319. The zero-order valence-electron chi connectivity index (χ0n) is 21.6. The Bertz CT molecular complexity index is 1240. The van der Waals surface area contributed by atoms with E-state index in [0.717, 1.165) is 11.1 Å². The second kappa shape index (κ2) is 12.2. The lowest BCUT2D eigenvalue weighted by atomic mass is 9.99. The molecule has 0 saturated heterocycles. The third kappa shape index (κ3) is 7.90. The Morgan fingerprint density at radius 3 is 2.27 bits per heavy atom. The second-order valence-corrected chi connectivity index (χ2v) is 9.88. The number of nitro benzene ring substituents is 1. The minimum Gasteiger partial charge on any atom is -0.497 e. The van der Waals surface area contributed by atoms with Crippen LogP contribution >= 0.6 is 0 Å². The molecule has 1 atom stereocenters. The van der Waals surface area contributed by atoms with E-state index in [-0.39, 0.29) is 36.9 Å². The molecule has 194 valence electrons. The van der Waals surface area contributed by atoms with Gasteiger partial charge in [-0.25, -0.2) is 0 Å². The fourth-order valence-electron chi connectivity index (χ4n) is 4.08. The molecule has 0 aliphatic rings. The van der Waals surface area contributed by atoms with E-state index in [2.05, 4.69) is 5.32 Å². The van der Waals surface area contributed by atoms with E-state index in [1.165, 1.54) is 11.0 Å². The first-order chi connectivity index (χ1) is 17.6. The van der Waals surface area contributed by atoms with E-state index >= 15 is 0 Å². The van der Waals surface area contributed by atoms with Gasteiger partial charge in [-0.15, -0.1) is 0 Å². The predicted octanol–water partition coefficient (Wildman–Crippen LogP) is 4.70. The van der Waals surface area contributed by atoms with Crippen LogP contribution in [0.15, 0.2) is 78.9 Å². The molecule has 0 aliphatic carbocycles. The molecule has 0 heterocycles. The summed E-state index contributed by atoms with van der Waals surface area (Å²) < 4.78 is 5.35. The number of methoxy groups -OCH3 is 1. The van der Waals surface area contributed by atoms with Crippen LogP contribution in [0.3, 0.4) is 0 Å². The maximum Gasteiger partial charge on any atom is 0.273 e. The zero-order chi connectivity index (χ0) is 27.0. The van der Waals surface area contributed by atoms with Crippen molar-refractivity contribution in [3.8, 4) is 5.75 Å². The highest BCUT2D eigenvalue weighted by molar-refractivity contribution is 5.89. The number of carbonyl (C=O) groups is 2. The summed E-state index contributed by atoms with van der Waals surface area (Å²) in [5.74, 6) is -0.0559. The molecule has 0 bridgehead atoms. The van der Waals surface area contributed by atoms with Crippen molar-refractivity contribution in [1.82, 2.24) is 10.2 Å². The number of para-hydroxylation sites is 1. The van der Waals surface area contributed by atoms with Crippen LogP contribution in [0.5, 0.6) is 5.75 Å². The summed E-state index contributed by atoms with van der Waals surface area (Å²) in [5.41, 5.74) is 1.32. The first kappa shape index (κ1) is 27.4. The van der Waals surface area contributed by atoms with Crippen molar-refractivity contribution in [2.24, 2.45) is 0 Å². The number of rotatable bonds is 10. The van der Waals surface area contributed by atoms with Crippen LogP contribution in [0.1, 0.15) is 37.5 Å². The van der Waals surface area contributed by atoms with Gasteiger partial charge in [-0.05, 0) is 44.0 Å². The van der Waals surface area contributed by atoms with Gasteiger partial charge in [-0.2, -0.15) is 0 Å². The topological polar surface area (TPSA) is 102 Å². The molecule has 0 unspecified atom stereocenters. The Kier molecular flexibility index (Phi) is 9.00. The van der Waals surface area contributed by atoms with Crippen molar-refractivity contribution >= 4 is 17.5 Å². The summed E-state index contributed by atoms with van der Waals surface area (Å²) in [4.78, 5) is 40.0. The molecule has 0 aromatic heterocycles. The van der Waals surface area contributed by atoms with Crippen LogP contribution in [-0.4, -0.2) is 40.3 Å². The molecule has 1 N–H and O–H groups in total. The molecule has 3 rings (SSSR count). The van der Waals surface area contributed by atoms with Gasteiger partial charge in [0, 0.05) is 30.1 Å². The number of nitrogens with zero attached hydrogens (tertiary/aromatic N) is 2. The Morgan fingerprint density at radius 1 is 0.973 bits per heavy atom. The fraction of sp³-hybridized carbons (Fsp3) is 0.310. The van der Waals surface area contributed by atoms with Crippen molar-refractivity contribution in [2.75, 3.05) is 7.11 Å². The maximum absolute atomic E-state index is 13.8. The van der Waals surface area contributed by atoms with Crippen molar-refractivity contribution in [3.63, 3.8) is 0 Å². The summed E-state index contributed by atoms with van der Waals surface area (Å²) in [6.45, 7) is 5.77. The molecule has 2 amide bonds. The lowest BCUT2D eigenvalue weighted by Crippen LogP contribution is -2.54. The third-order valence-corrected chi connectivity index (χ3v) is 5.79. The number of nitrogens with one attached hydrogen (secondary N) is 1. The van der Waals surface area contributed by atoms with Gasteiger partial charge in [0.25, 0.3) is 5.69 Å². The largest absolute Gasteiger partial charge is 0.497 e. The van der Waals surface area contributed by atoms with Gasteiger partial charge in [0.1, 0.15) is 11.8 Å². The normalized spacial score (nSPS) is 11.9. The summed E-state index contributed by atoms with van der Waals surface area (Å²) in [6, 6.07) is 22.1. The summed E-state index contributed by atoms with van der Waals surface area (Å²) in [6.07, 6.45) is 0.0740. The van der Waals surface area contributed by atoms with Gasteiger partial charge < -0.3 is 15.0 Å². The molecular formula is C29H33N3O5. The smallest absolute Gasteiger partial charge is 0.273 e.